The van der Waals surface area contributed by atoms with E-state index in [0.717, 1.165) is 16.8 Å². The van der Waals surface area contributed by atoms with Gasteiger partial charge in [0.25, 0.3) is 5.91 Å². The number of benzene rings is 2. The van der Waals surface area contributed by atoms with Gasteiger partial charge in [-0.15, -0.1) is 0 Å². The number of anilines is 2. The summed E-state index contributed by atoms with van der Waals surface area (Å²) in [4.78, 5) is 12.3. The molecule has 2 aromatic rings. The average molecular weight is 319 g/mol. The standard InChI is InChI=1S/C20H21N3O/c1-14(2)17-9-5-7-11-19(17)22-13-16(12-21)20(24)23-18-10-6-4-8-15(18)3/h4-11,13-14,22H,1-3H3,(H,23,24)/b16-13-. The zero-order valence-electron chi connectivity index (χ0n) is 14.1. The van der Waals surface area contributed by atoms with Crippen LogP contribution < -0.4 is 10.6 Å². The molecule has 0 aromatic heterocycles. The van der Waals surface area contributed by atoms with Gasteiger partial charge in [-0.1, -0.05) is 50.2 Å². The van der Waals surface area contributed by atoms with Crippen LogP contribution in [-0.2, 0) is 4.79 Å². The van der Waals surface area contributed by atoms with E-state index in [2.05, 4.69) is 24.5 Å². The number of para-hydroxylation sites is 2. The van der Waals surface area contributed by atoms with Crippen LogP contribution in [0.4, 0.5) is 11.4 Å². The number of hydrogen-bond acceptors (Lipinski definition) is 3. The molecule has 1 amide bonds. The fraction of sp³-hybridized carbons (Fsp3) is 0.200. The lowest BCUT2D eigenvalue weighted by atomic mass is 10.0. The molecule has 0 spiro atoms. The van der Waals surface area contributed by atoms with E-state index in [9.17, 15) is 10.1 Å². The van der Waals surface area contributed by atoms with Crippen LogP contribution in [-0.4, -0.2) is 5.91 Å². The van der Waals surface area contributed by atoms with Gasteiger partial charge in [-0.3, -0.25) is 4.79 Å². The average Bonchev–Trinajstić information content (AvgIpc) is 2.57. The minimum absolute atomic E-state index is 0.0248. The second-order valence-electron chi connectivity index (χ2n) is 5.83. The highest BCUT2D eigenvalue weighted by Crippen LogP contribution is 2.24. The van der Waals surface area contributed by atoms with E-state index < -0.39 is 5.91 Å². The number of amides is 1. The van der Waals surface area contributed by atoms with Gasteiger partial charge in [0, 0.05) is 17.6 Å². The van der Waals surface area contributed by atoms with E-state index in [0.29, 0.717) is 11.6 Å². The molecule has 24 heavy (non-hydrogen) atoms. The number of nitriles is 1. The van der Waals surface area contributed by atoms with E-state index in [1.165, 1.54) is 6.20 Å². The maximum absolute atomic E-state index is 12.3. The molecule has 2 rings (SSSR count). The van der Waals surface area contributed by atoms with Crippen LogP contribution in [0, 0.1) is 18.3 Å². The second-order valence-corrected chi connectivity index (χ2v) is 5.83. The van der Waals surface area contributed by atoms with Crippen molar-refractivity contribution in [2.24, 2.45) is 0 Å². The SMILES string of the molecule is Cc1ccccc1NC(=O)/C(C#N)=C\Nc1ccccc1C(C)C. The topological polar surface area (TPSA) is 64.9 Å². The summed E-state index contributed by atoms with van der Waals surface area (Å²) in [5.74, 6) is -0.0882. The molecule has 0 aliphatic carbocycles. The van der Waals surface area contributed by atoms with Gasteiger partial charge in [0.1, 0.15) is 11.6 Å². The highest BCUT2D eigenvalue weighted by atomic mass is 16.1. The second kappa shape index (κ2) is 7.98. The molecular formula is C20H21N3O. The zero-order chi connectivity index (χ0) is 17.5. The van der Waals surface area contributed by atoms with Gasteiger partial charge >= 0.3 is 0 Å². The van der Waals surface area contributed by atoms with Crippen molar-refractivity contribution >= 4 is 17.3 Å². The summed E-state index contributed by atoms with van der Waals surface area (Å²) in [6.07, 6.45) is 1.45. The normalized spacial score (nSPS) is 11.0. The summed E-state index contributed by atoms with van der Waals surface area (Å²) in [5.41, 5.74) is 3.69. The highest BCUT2D eigenvalue weighted by Gasteiger charge is 2.11. The number of nitrogens with one attached hydrogen (secondary N) is 2. The largest absolute Gasteiger partial charge is 0.360 e. The molecule has 4 heteroatoms. The first-order chi connectivity index (χ1) is 11.5. The van der Waals surface area contributed by atoms with Gasteiger partial charge in [0.2, 0.25) is 0 Å². The van der Waals surface area contributed by atoms with Gasteiger partial charge in [0.15, 0.2) is 0 Å². The van der Waals surface area contributed by atoms with Gasteiger partial charge in [-0.2, -0.15) is 5.26 Å². The predicted molar refractivity (Wildman–Crippen MR) is 97.7 cm³/mol. The Bertz CT molecular complexity index is 801. The van der Waals surface area contributed by atoms with Crippen molar-refractivity contribution in [2.45, 2.75) is 26.7 Å². The molecule has 0 saturated heterocycles. The molecule has 2 aromatic carbocycles. The van der Waals surface area contributed by atoms with Crippen LogP contribution >= 0.6 is 0 Å². The van der Waals surface area contributed by atoms with E-state index in [-0.39, 0.29) is 5.57 Å². The molecule has 0 aliphatic heterocycles. The lowest BCUT2D eigenvalue weighted by molar-refractivity contribution is -0.112. The van der Waals surface area contributed by atoms with Crippen molar-refractivity contribution < 1.29 is 4.79 Å². The van der Waals surface area contributed by atoms with Crippen molar-refractivity contribution in [1.29, 1.82) is 5.26 Å². The van der Waals surface area contributed by atoms with Gasteiger partial charge in [0.05, 0.1) is 0 Å². The first-order valence-corrected chi connectivity index (χ1v) is 7.85. The quantitative estimate of drug-likeness (QED) is 0.626. The summed E-state index contributed by atoms with van der Waals surface area (Å²) >= 11 is 0. The number of rotatable bonds is 5. The van der Waals surface area contributed by atoms with Crippen LogP contribution in [0.1, 0.15) is 30.9 Å². The third kappa shape index (κ3) is 4.23. The number of hydrogen-bond donors (Lipinski definition) is 2. The molecular weight excluding hydrogens is 298 g/mol. The molecule has 0 radical (unpaired) electrons. The summed E-state index contributed by atoms with van der Waals surface area (Å²) in [7, 11) is 0. The highest BCUT2D eigenvalue weighted by molar-refractivity contribution is 6.07. The Morgan fingerprint density at radius 2 is 1.71 bits per heavy atom. The molecule has 2 N–H and O–H groups in total. The van der Waals surface area contributed by atoms with Crippen LogP contribution in [0.5, 0.6) is 0 Å². The van der Waals surface area contributed by atoms with Gasteiger partial charge in [-0.05, 0) is 36.1 Å². The van der Waals surface area contributed by atoms with Crippen LogP contribution in [0.2, 0.25) is 0 Å². The van der Waals surface area contributed by atoms with E-state index in [1.807, 2.05) is 61.5 Å². The molecule has 0 atom stereocenters. The van der Waals surface area contributed by atoms with Gasteiger partial charge in [-0.25, -0.2) is 0 Å². The monoisotopic (exact) mass is 319 g/mol. The molecule has 0 saturated carbocycles. The smallest absolute Gasteiger partial charge is 0.267 e. The van der Waals surface area contributed by atoms with Crippen LogP contribution in [0.25, 0.3) is 0 Å². The number of carbonyl (C=O) groups excluding carboxylic acids is 1. The Hall–Kier alpha value is -3.06. The molecule has 0 bridgehead atoms. The molecule has 122 valence electrons. The molecule has 0 fully saturated rings. The van der Waals surface area contributed by atoms with Crippen molar-refractivity contribution in [3.8, 4) is 6.07 Å². The summed E-state index contributed by atoms with van der Waals surface area (Å²) in [6.45, 7) is 6.10. The summed E-state index contributed by atoms with van der Waals surface area (Å²) in [6, 6.07) is 17.3. The Kier molecular flexibility index (Phi) is 5.75. The summed E-state index contributed by atoms with van der Waals surface area (Å²) < 4.78 is 0. The lowest BCUT2D eigenvalue weighted by Gasteiger charge is -2.12. The molecule has 0 unspecified atom stereocenters. The third-order valence-electron chi connectivity index (χ3n) is 3.71. The van der Waals surface area contributed by atoms with Gasteiger partial charge < -0.3 is 10.6 Å². The number of aryl methyl sites for hydroxylation is 1. The zero-order valence-corrected chi connectivity index (χ0v) is 14.1. The molecule has 0 aliphatic rings. The maximum Gasteiger partial charge on any atom is 0.267 e. The third-order valence-corrected chi connectivity index (χ3v) is 3.71. The van der Waals surface area contributed by atoms with Crippen molar-refractivity contribution in [3.05, 3.63) is 71.4 Å². The summed E-state index contributed by atoms with van der Waals surface area (Å²) in [5, 5.41) is 15.1. The molecule has 4 nitrogen and oxygen atoms in total. The fourth-order valence-corrected chi connectivity index (χ4v) is 2.33. The lowest BCUT2D eigenvalue weighted by Crippen LogP contribution is -2.15. The first-order valence-electron chi connectivity index (χ1n) is 7.85. The van der Waals surface area contributed by atoms with Crippen molar-refractivity contribution in [2.75, 3.05) is 10.6 Å². The Balaban J connectivity index is 2.17. The fourth-order valence-electron chi connectivity index (χ4n) is 2.33. The Labute approximate surface area is 142 Å². The number of carbonyl (C=O) groups is 1. The van der Waals surface area contributed by atoms with Crippen LogP contribution in [0.15, 0.2) is 60.3 Å². The minimum Gasteiger partial charge on any atom is -0.360 e. The maximum atomic E-state index is 12.3. The number of nitrogens with zero attached hydrogens (tertiary/aromatic N) is 1. The Morgan fingerprint density at radius 3 is 2.33 bits per heavy atom. The van der Waals surface area contributed by atoms with Crippen LogP contribution in [0.3, 0.4) is 0 Å². The molecule has 0 heterocycles. The predicted octanol–water partition coefficient (Wildman–Crippen LogP) is 4.58. The van der Waals surface area contributed by atoms with E-state index in [1.54, 1.807) is 0 Å². The minimum atomic E-state index is -0.429. The van der Waals surface area contributed by atoms with Crippen molar-refractivity contribution in [3.63, 3.8) is 0 Å². The van der Waals surface area contributed by atoms with E-state index in [4.69, 9.17) is 0 Å². The first kappa shape index (κ1) is 17.3. The van der Waals surface area contributed by atoms with E-state index >= 15 is 0 Å². The van der Waals surface area contributed by atoms with Crippen molar-refractivity contribution in [1.82, 2.24) is 0 Å². The Morgan fingerprint density at radius 1 is 1.08 bits per heavy atom.